The van der Waals surface area contributed by atoms with Crippen LogP contribution in [-0.4, -0.2) is 24.1 Å². The molecule has 0 aliphatic heterocycles. The van der Waals surface area contributed by atoms with Gasteiger partial charge in [-0.1, -0.05) is 41.9 Å². The number of hydrogen-bond acceptors (Lipinski definition) is 5. The number of nitrogens with one attached hydrogen (secondary N) is 2. The number of hydrogen-bond donors (Lipinski definition) is 2. The number of carbonyl (C=O) groups is 3. The molecule has 35 heavy (non-hydrogen) atoms. The van der Waals surface area contributed by atoms with Gasteiger partial charge in [-0.05, 0) is 54.6 Å². The lowest BCUT2D eigenvalue weighted by molar-refractivity contribution is -0.116. The summed E-state index contributed by atoms with van der Waals surface area (Å²) in [6, 6.07) is 23.7. The Labute approximate surface area is 206 Å². The molecule has 4 rings (SSSR count). The average molecular weight is 489 g/mol. The maximum Gasteiger partial charge on any atom is 0.286 e. The van der Waals surface area contributed by atoms with E-state index in [1.165, 1.54) is 12.3 Å². The van der Waals surface area contributed by atoms with Gasteiger partial charge >= 0.3 is 0 Å². The number of benzene rings is 3. The molecule has 0 atom stereocenters. The van der Waals surface area contributed by atoms with Crippen molar-refractivity contribution in [2.75, 3.05) is 11.9 Å². The number of rotatable bonds is 9. The second kappa shape index (κ2) is 11.2. The third kappa shape index (κ3) is 6.37. The van der Waals surface area contributed by atoms with Gasteiger partial charge in [-0.3, -0.25) is 14.4 Å². The minimum atomic E-state index is -0.399. The van der Waals surface area contributed by atoms with E-state index in [1.807, 2.05) is 18.2 Å². The fourth-order valence-corrected chi connectivity index (χ4v) is 3.42. The third-order valence-corrected chi connectivity index (χ3v) is 5.21. The van der Waals surface area contributed by atoms with Crippen molar-refractivity contribution in [1.29, 1.82) is 0 Å². The molecular formula is C27H21ClN2O5. The number of halogens is 1. The van der Waals surface area contributed by atoms with Crippen LogP contribution in [0.25, 0.3) is 0 Å². The Balaban J connectivity index is 1.38. The highest BCUT2D eigenvalue weighted by atomic mass is 35.5. The first-order valence-electron chi connectivity index (χ1n) is 10.8. The van der Waals surface area contributed by atoms with E-state index in [2.05, 4.69) is 10.6 Å². The molecule has 0 bridgehead atoms. The summed E-state index contributed by atoms with van der Waals surface area (Å²) in [5.41, 5.74) is 1.51. The number of amides is 2. The molecule has 1 aromatic heterocycles. The van der Waals surface area contributed by atoms with E-state index >= 15 is 0 Å². The fraction of sp³-hybridized carbons (Fsp3) is 0.0741. The van der Waals surface area contributed by atoms with Crippen LogP contribution in [-0.2, 0) is 4.79 Å². The SMILES string of the molecule is O=C(CCNC(=O)c1ccco1)Nc1cc(Cl)ccc1Oc1ccc(C(=O)c2ccccc2)cc1. The van der Waals surface area contributed by atoms with Gasteiger partial charge < -0.3 is 19.8 Å². The molecule has 0 aliphatic rings. The lowest BCUT2D eigenvalue weighted by Crippen LogP contribution is -2.27. The molecule has 2 amide bonds. The number of furan rings is 1. The normalized spacial score (nSPS) is 10.4. The highest BCUT2D eigenvalue weighted by Crippen LogP contribution is 2.32. The maximum absolute atomic E-state index is 12.6. The van der Waals surface area contributed by atoms with E-state index < -0.39 is 5.91 Å². The number of ether oxygens (including phenoxy) is 1. The zero-order valence-corrected chi connectivity index (χ0v) is 19.2. The van der Waals surface area contributed by atoms with Crippen LogP contribution in [0.5, 0.6) is 11.5 Å². The monoisotopic (exact) mass is 488 g/mol. The van der Waals surface area contributed by atoms with Gasteiger partial charge in [-0.15, -0.1) is 0 Å². The zero-order chi connectivity index (χ0) is 24.6. The summed E-state index contributed by atoms with van der Waals surface area (Å²) in [6.07, 6.45) is 1.44. The Morgan fingerprint density at radius 2 is 1.60 bits per heavy atom. The van der Waals surface area contributed by atoms with Crippen LogP contribution in [0, 0.1) is 0 Å². The van der Waals surface area contributed by atoms with Crippen molar-refractivity contribution in [3.05, 3.63) is 113 Å². The molecule has 0 spiro atoms. The quantitative estimate of drug-likeness (QED) is 0.294. The number of anilines is 1. The van der Waals surface area contributed by atoms with Crippen molar-refractivity contribution in [1.82, 2.24) is 5.32 Å². The van der Waals surface area contributed by atoms with E-state index in [-0.39, 0.29) is 30.4 Å². The molecule has 0 unspecified atom stereocenters. The number of carbonyl (C=O) groups excluding carboxylic acids is 3. The molecule has 0 saturated carbocycles. The van der Waals surface area contributed by atoms with Gasteiger partial charge in [-0.25, -0.2) is 0 Å². The Morgan fingerprint density at radius 1 is 0.857 bits per heavy atom. The Hall–Kier alpha value is -4.36. The van der Waals surface area contributed by atoms with Crippen molar-refractivity contribution >= 4 is 34.9 Å². The summed E-state index contributed by atoms with van der Waals surface area (Å²) in [4.78, 5) is 36.9. The minimum Gasteiger partial charge on any atom is -0.459 e. The number of ketones is 1. The summed E-state index contributed by atoms with van der Waals surface area (Å²) in [7, 11) is 0. The van der Waals surface area contributed by atoms with Crippen molar-refractivity contribution in [3.63, 3.8) is 0 Å². The van der Waals surface area contributed by atoms with Gasteiger partial charge in [0.1, 0.15) is 5.75 Å². The fourth-order valence-electron chi connectivity index (χ4n) is 3.24. The maximum atomic E-state index is 12.6. The van der Waals surface area contributed by atoms with Gasteiger partial charge in [0, 0.05) is 29.1 Å². The van der Waals surface area contributed by atoms with Crippen LogP contribution in [0.15, 0.2) is 95.6 Å². The van der Waals surface area contributed by atoms with Crippen LogP contribution < -0.4 is 15.4 Å². The van der Waals surface area contributed by atoms with Crippen molar-refractivity contribution in [3.8, 4) is 11.5 Å². The van der Waals surface area contributed by atoms with Crippen LogP contribution in [0.1, 0.15) is 32.9 Å². The largest absolute Gasteiger partial charge is 0.459 e. The molecule has 1 heterocycles. The van der Waals surface area contributed by atoms with E-state index in [0.29, 0.717) is 33.3 Å². The molecule has 0 aliphatic carbocycles. The second-order valence-corrected chi connectivity index (χ2v) is 7.93. The Morgan fingerprint density at radius 3 is 2.31 bits per heavy atom. The topological polar surface area (TPSA) is 97.6 Å². The molecule has 3 aromatic carbocycles. The standard InChI is InChI=1S/C27H21ClN2O5/c28-20-10-13-23(22(17-20)30-25(31)14-15-29-27(33)24-7-4-16-34-24)35-21-11-8-19(9-12-21)26(32)18-5-2-1-3-6-18/h1-13,16-17H,14-15H2,(H,29,33)(H,30,31). The predicted octanol–water partition coefficient (Wildman–Crippen LogP) is 5.71. The minimum absolute atomic E-state index is 0.0364. The predicted molar refractivity (Wildman–Crippen MR) is 132 cm³/mol. The first-order chi connectivity index (χ1) is 17.0. The Bertz CT molecular complexity index is 1320. The zero-order valence-electron chi connectivity index (χ0n) is 18.5. The van der Waals surface area contributed by atoms with Crippen molar-refractivity contribution in [2.24, 2.45) is 0 Å². The summed E-state index contributed by atoms with van der Waals surface area (Å²) in [5.74, 6) is 0.218. The molecule has 0 fully saturated rings. The molecule has 2 N–H and O–H groups in total. The molecule has 0 radical (unpaired) electrons. The average Bonchev–Trinajstić information content (AvgIpc) is 3.41. The summed E-state index contributed by atoms with van der Waals surface area (Å²) >= 11 is 6.11. The summed E-state index contributed by atoms with van der Waals surface area (Å²) in [6.45, 7) is 0.124. The highest BCUT2D eigenvalue weighted by molar-refractivity contribution is 6.31. The molecule has 0 saturated heterocycles. The Kier molecular flexibility index (Phi) is 7.60. The van der Waals surface area contributed by atoms with E-state index in [0.717, 1.165) is 0 Å². The van der Waals surface area contributed by atoms with Crippen molar-refractivity contribution < 1.29 is 23.5 Å². The summed E-state index contributed by atoms with van der Waals surface area (Å²) < 4.78 is 10.9. The molecule has 176 valence electrons. The van der Waals surface area contributed by atoms with Crippen molar-refractivity contribution in [2.45, 2.75) is 6.42 Å². The first-order valence-corrected chi connectivity index (χ1v) is 11.2. The highest BCUT2D eigenvalue weighted by Gasteiger charge is 2.13. The van der Waals surface area contributed by atoms with Crippen LogP contribution in [0.4, 0.5) is 5.69 Å². The van der Waals surface area contributed by atoms with Crippen LogP contribution >= 0.6 is 11.6 Å². The second-order valence-electron chi connectivity index (χ2n) is 7.49. The van der Waals surface area contributed by atoms with E-state index in [1.54, 1.807) is 60.7 Å². The van der Waals surface area contributed by atoms with Gasteiger partial charge in [0.2, 0.25) is 5.91 Å². The van der Waals surface area contributed by atoms with Gasteiger partial charge in [0.05, 0.1) is 12.0 Å². The van der Waals surface area contributed by atoms with E-state index in [4.69, 9.17) is 20.8 Å². The molecule has 7 nitrogen and oxygen atoms in total. The third-order valence-electron chi connectivity index (χ3n) is 4.98. The van der Waals surface area contributed by atoms with Crippen LogP contribution in [0.3, 0.4) is 0 Å². The smallest absolute Gasteiger partial charge is 0.286 e. The van der Waals surface area contributed by atoms with Gasteiger partial charge in [-0.2, -0.15) is 0 Å². The van der Waals surface area contributed by atoms with E-state index in [9.17, 15) is 14.4 Å². The summed E-state index contributed by atoms with van der Waals surface area (Å²) in [5, 5.41) is 5.79. The molecule has 4 aromatic rings. The van der Waals surface area contributed by atoms with Gasteiger partial charge in [0.25, 0.3) is 5.91 Å². The first kappa shape index (κ1) is 23.8. The lowest BCUT2D eigenvalue weighted by atomic mass is 10.0. The molecular weight excluding hydrogens is 468 g/mol. The lowest BCUT2D eigenvalue weighted by Gasteiger charge is -2.13. The van der Waals surface area contributed by atoms with Crippen LogP contribution in [0.2, 0.25) is 5.02 Å². The van der Waals surface area contributed by atoms with Gasteiger partial charge in [0.15, 0.2) is 17.3 Å². The molecule has 8 heteroatoms.